The van der Waals surface area contributed by atoms with Crippen LogP contribution in [-0.2, 0) is 0 Å². The van der Waals surface area contributed by atoms with Crippen LogP contribution in [0.5, 0.6) is 0 Å². The van der Waals surface area contributed by atoms with Gasteiger partial charge in [-0.2, -0.15) is 0 Å². The Kier molecular flexibility index (Phi) is 9.94. The lowest BCUT2D eigenvalue weighted by Gasteiger charge is -2.12. The highest BCUT2D eigenvalue weighted by atomic mass is 33.1. The van der Waals surface area contributed by atoms with Crippen LogP contribution >= 0.6 is 21.6 Å². The fraction of sp³-hybridized carbons (Fsp3) is 0.125. The Balaban J connectivity index is 1.44. The van der Waals surface area contributed by atoms with Crippen LogP contribution in [-0.4, -0.2) is 23.4 Å². The quantitative estimate of drug-likeness (QED) is 0.140. The van der Waals surface area contributed by atoms with Crippen LogP contribution < -0.4 is 10.6 Å². The first kappa shape index (κ1) is 28.9. The minimum absolute atomic E-state index is 0.0481. The molecule has 0 aliphatic rings. The average Bonchev–Trinajstić information content (AvgIpc) is 3.00. The molecule has 0 aromatic heterocycles. The van der Waals surface area contributed by atoms with Gasteiger partial charge in [-0.3, -0.25) is 19.2 Å². The summed E-state index contributed by atoms with van der Waals surface area (Å²) >= 11 is 0. The van der Waals surface area contributed by atoms with Gasteiger partial charge in [0.25, 0.3) is 11.8 Å². The van der Waals surface area contributed by atoms with Crippen molar-refractivity contribution in [3.63, 3.8) is 0 Å². The molecule has 4 rings (SSSR count). The molecule has 4 aromatic carbocycles. The lowest BCUT2D eigenvalue weighted by molar-refractivity contribution is 0.0980. The van der Waals surface area contributed by atoms with Crippen molar-refractivity contribution in [2.24, 2.45) is 0 Å². The van der Waals surface area contributed by atoms with E-state index in [1.54, 1.807) is 72.8 Å². The first-order valence-corrected chi connectivity index (χ1v) is 15.0. The summed E-state index contributed by atoms with van der Waals surface area (Å²) in [6, 6.07) is 28.2. The predicted molar refractivity (Wildman–Crippen MR) is 163 cm³/mol. The molecule has 6 nitrogen and oxygen atoms in total. The zero-order valence-corrected chi connectivity index (χ0v) is 23.7. The van der Waals surface area contributed by atoms with Gasteiger partial charge in [0.1, 0.15) is 0 Å². The molecule has 202 valence electrons. The van der Waals surface area contributed by atoms with Crippen LogP contribution in [0.15, 0.2) is 107 Å². The van der Waals surface area contributed by atoms with Gasteiger partial charge in [0.2, 0.25) is 0 Å². The van der Waals surface area contributed by atoms with Crippen LogP contribution in [0.1, 0.15) is 68.1 Å². The molecule has 0 heterocycles. The van der Waals surface area contributed by atoms with Gasteiger partial charge in [-0.25, -0.2) is 0 Å². The van der Waals surface area contributed by atoms with Crippen molar-refractivity contribution in [2.45, 2.75) is 36.5 Å². The normalized spacial score (nSPS) is 10.6. The number of Topliss-reactive ketones (excluding diaryl/α,β-unsaturated/α-hetero) is 2. The average molecular weight is 569 g/mol. The minimum atomic E-state index is -0.269. The number of hydrogen-bond donors (Lipinski definition) is 2. The third-order valence-corrected chi connectivity index (χ3v) is 8.54. The Morgan fingerprint density at radius 2 is 0.875 bits per heavy atom. The van der Waals surface area contributed by atoms with Crippen molar-refractivity contribution in [2.75, 3.05) is 10.6 Å². The van der Waals surface area contributed by atoms with Crippen LogP contribution in [0.25, 0.3) is 0 Å². The standard InChI is InChI=1S/C32H28N2O4S2/c1-3-27(35)21-13-17-23(18-14-21)33-31(37)25-9-5-7-11-29(25)39-40-30-12-8-6-10-26(30)32(38)34-24-19-15-22(16-20-24)28(36)4-2/h5-20H,3-4H2,1-2H3,(H,33,37)(H,34,38). The van der Waals surface area contributed by atoms with Crippen molar-refractivity contribution >= 4 is 56.3 Å². The fourth-order valence-electron chi connectivity index (χ4n) is 3.83. The lowest BCUT2D eigenvalue weighted by Crippen LogP contribution is -2.13. The summed E-state index contributed by atoms with van der Waals surface area (Å²) in [5, 5.41) is 5.79. The molecule has 0 aliphatic carbocycles. The van der Waals surface area contributed by atoms with Gasteiger partial charge in [-0.1, -0.05) is 59.7 Å². The number of carbonyl (C=O) groups is 4. The molecule has 0 atom stereocenters. The Bertz CT molecular complexity index is 1420. The number of hydrogen-bond acceptors (Lipinski definition) is 6. The molecule has 40 heavy (non-hydrogen) atoms. The SMILES string of the molecule is CCC(=O)c1ccc(NC(=O)c2ccccc2SSc2ccccc2C(=O)Nc2ccc(C(=O)CC)cc2)cc1. The minimum Gasteiger partial charge on any atom is -0.322 e. The van der Waals surface area contributed by atoms with Gasteiger partial charge >= 0.3 is 0 Å². The highest BCUT2D eigenvalue weighted by molar-refractivity contribution is 8.76. The van der Waals surface area contributed by atoms with Gasteiger partial charge in [0.15, 0.2) is 11.6 Å². The second-order valence-electron chi connectivity index (χ2n) is 8.78. The van der Waals surface area contributed by atoms with Crippen molar-refractivity contribution in [1.29, 1.82) is 0 Å². The monoisotopic (exact) mass is 568 g/mol. The van der Waals surface area contributed by atoms with E-state index in [-0.39, 0.29) is 23.4 Å². The number of carbonyl (C=O) groups excluding carboxylic acids is 4. The molecule has 0 saturated carbocycles. The van der Waals surface area contributed by atoms with Crippen molar-refractivity contribution in [3.8, 4) is 0 Å². The molecule has 0 fully saturated rings. The first-order valence-electron chi connectivity index (χ1n) is 12.8. The van der Waals surface area contributed by atoms with Gasteiger partial charge < -0.3 is 10.6 Å². The van der Waals surface area contributed by atoms with Crippen molar-refractivity contribution in [3.05, 3.63) is 119 Å². The number of nitrogens with one attached hydrogen (secondary N) is 2. The van der Waals surface area contributed by atoms with E-state index in [0.717, 1.165) is 9.79 Å². The molecule has 0 saturated heterocycles. The summed E-state index contributed by atoms with van der Waals surface area (Å²) in [7, 11) is 2.78. The molecule has 0 spiro atoms. The third-order valence-electron chi connectivity index (χ3n) is 6.06. The third kappa shape index (κ3) is 7.28. The maximum Gasteiger partial charge on any atom is 0.256 e. The molecule has 2 amide bonds. The number of benzene rings is 4. The maximum absolute atomic E-state index is 13.1. The Hall–Kier alpha value is -4.14. The number of amides is 2. The van der Waals surface area contributed by atoms with Gasteiger partial charge in [-0.15, -0.1) is 0 Å². The number of rotatable bonds is 11. The Labute approximate surface area is 241 Å². The van der Waals surface area contributed by atoms with Crippen LogP contribution in [0.4, 0.5) is 11.4 Å². The van der Waals surface area contributed by atoms with E-state index in [1.807, 2.05) is 38.1 Å². The second-order valence-corrected chi connectivity index (χ2v) is 11.0. The molecular formula is C32H28N2O4S2. The number of anilines is 2. The lowest BCUT2D eigenvalue weighted by atomic mass is 10.1. The summed E-state index contributed by atoms with van der Waals surface area (Å²) in [5.74, 6) is -0.442. The van der Waals surface area contributed by atoms with Crippen LogP contribution in [0.3, 0.4) is 0 Å². The molecule has 8 heteroatoms. The van der Waals surface area contributed by atoms with E-state index in [9.17, 15) is 19.2 Å². The summed E-state index contributed by atoms with van der Waals surface area (Å²) in [5.41, 5.74) is 3.41. The van der Waals surface area contributed by atoms with Gasteiger partial charge in [0.05, 0.1) is 11.1 Å². The molecule has 0 unspecified atom stereocenters. The molecule has 2 N–H and O–H groups in total. The number of ketones is 2. The molecular weight excluding hydrogens is 540 g/mol. The molecule has 0 radical (unpaired) electrons. The summed E-state index contributed by atoms with van der Waals surface area (Å²) in [6.45, 7) is 3.62. The predicted octanol–water partition coefficient (Wildman–Crippen LogP) is 8.18. The zero-order chi connectivity index (χ0) is 28.5. The highest BCUT2D eigenvalue weighted by Gasteiger charge is 2.16. The van der Waals surface area contributed by atoms with Crippen LogP contribution in [0, 0.1) is 0 Å². The highest BCUT2D eigenvalue weighted by Crippen LogP contribution is 2.40. The van der Waals surface area contributed by atoms with E-state index in [4.69, 9.17) is 0 Å². The van der Waals surface area contributed by atoms with E-state index >= 15 is 0 Å². The smallest absolute Gasteiger partial charge is 0.256 e. The van der Waals surface area contributed by atoms with Gasteiger partial charge in [0, 0.05) is 45.1 Å². The van der Waals surface area contributed by atoms with E-state index < -0.39 is 0 Å². The van der Waals surface area contributed by atoms with Crippen LogP contribution in [0.2, 0.25) is 0 Å². The largest absolute Gasteiger partial charge is 0.322 e. The Morgan fingerprint density at radius 3 is 1.23 bits per heavy atom. The summed E-state index contributed by atoms with van der Waals surface area (Å²) < 4.78 is 0. The maximum atomic E-state index is 13.1. The van der Waals surface area contributed by atoms with E-state index in [0.29, 0.717) is 46.5 Å². The van der Waals surface area contributed by atoms with Crippen molar-refractivity contribution in [1.82, 2.24) is 0 Å². The Morgan fingerprint density at radius 1 is 0.525 bits per heavy atom. The van der Waals surface area contributed by atoms with E-state index in [2.05, 4.69) is 10.6 Å². The van der Waals surface area contributed by atoms with Gasteiger partial charge in [-0.05, 0) is 72.8 Å². The van der Waals surface area contributed by atoms with E-state index in [1.165, 1.54) is 21.6 Å². The molecule has 0 bridgehead atoms. The topological polar surface area (TPSA) is 92.3 Å². The fourth-order valence-corrected chi connectivity index (χ4v) is 6.19. The van der Waals surface area contributed by atoms with Crippen molar-refractivity contribution < 1.29 is 19.2 Å². The summed E-state index contributed by atoms with van der Waals surface area (Å²) in [4.78, 5) is 51.4. The second kappa shape index (κ2) is 13.8. The zero-order valence-electron chi connectivity index (χ0n) is 22.1. The molecule has 0 aliphatic heterocycles. The molecule has 4 aromatic rings. The first-order chi connectivity index (χ1) is 19.4. The summed E-state index contributed by atoms with van der Waals surface area (Å²) in [6.07, 6.45) is 0.847.